The lowest BCUT2D eigenvalue weighted by Gasteiger charge is -2.15. The summed E-state index contributed by atoms with van der Waals surface area (Å²) in [6.07, 6.45) is -0.659. The van der Waals surface area contributed by atoms with Crippen LogP contribution in [-0.2, 0) is 9.59 Å². The number of carbonyl (C=O) groups excluding carboxylic acids is 2. The maximum absolute atomic E-state index is 12.2. The number of ether oxygens (including phenoxy) is 2. The molecule has 2 aromatic carbocycles. The molecule has 0 radical (unpaired) electrons. The maximum atomic E-state index is 12.2. The van der Waals surface area contributed by atoms with E-state index in [1.165, 1.54) is 6.92 Å². The molecule has 2 rings (SSSR count). The smallest absolute Gasteiger partial charge is 0.265 e. The molecular weight excluding hydrogens is 308 g/mol. The molecule has 2 N–H and O–H groups in total. The van der Waals surface area contributed by atoms with Gasteiger partial charge in [-0.05, 0) is 55.5 Å². The number of methoxy groups -OCH3 is 1. The van der Waals surface area contributed by atoms with Crippen LogP contribution in [0.4, 0.5) is 11.4 Å². The van der Waals surface area contributed by atoms with Gasteiger partial charge in [0.2, 0.25) is 5.91 Å². The van der Waals surface area contributed by atoms with E-state index < -0.39 is 6.10 Å². The molecule has 24 heavy (non-hydrogen) atoms. The quantitative estimate of drug-likeness (QED) is 0.854. The highest BCUT2D eigenvalue weighted by Gasteiger charge is 2.15. The van der Waals surface area contributed by atoms with Gasteiger partial charge in [0.05, 0.1) is 7.11 Å². The van der Waals surface area contributed by atoms with Gasteiger partial charge in [-0.2, -0.15) is 0 Å². The molecule has 0 bridgehead atoms. The molecule has 0 saturated heterocycles. The zero-order chi connectivity index (χ0) is 17.5. The number of hydrogen-bond acceptors (Lipinski definition) is 4. The lowest BCUT2D eigenvalue weighted by atomic mass is 10.2. The monoisotopic (exact) mass is 328 g/mol. The topological polar surface area (TPSA) is 76.7 Å². The fraction of sp³-hybridized carbons (Fsp3) is 0.222. The summed E-state index contributed by atoms with van der Waals surface area (Å²) in [5, 5.41) is 5.43. The molecule has 0 unspecified atom stereocenters. The van der Waals surface area contributed by atoms with E-state index in [2.05, 4.69) is 10.6 Å². The van der Waals surface area contributed by atoms with Gasteiger partial charge >= 0.3 is 0 Å². The first kappa shape index (κ1) is 17.3. The molecule has 2 aromatic rings. The molecule has 1 atom stereocenters. The van der Waals surface area contributed by atoms with E-state index in [0.29, 0.717) is 17.1 Å². The van der Waals surface area contributed by atoms with Crippen LogP contribution >= 0.6 is 0 Å². The average Bonchev–Trinajstić information content (AvgIpc) is 2.56. The predicted molar refractivity (Wildman–Crippen MR) is 92.5 cm³/mol. The zero-order valence-corrected chi connectivity index (χ0v) is 13.8. The Hall–Kier alpha value is -3.02. The van der Waals surface area contributed by atoms with Crippen molar-refractivity contribution in [3.63, 3.8) is 0 Å². The molecule has 0 aliphatic rings. The Kier molecular flexibility index (Phi) is 5.78. The second-order valence-electron chi connectivity index (χ2n) is 5.18. The minimum atomic E-state index is -0.659. The largest absolute Gasteiger partial charge is 0.497 e. The van der Waals surface area contributed by atoms with Crippen LogP contribution in [0, 0.1) is 0 Å². The second kappa shape index (κ2) is 8.01. The van der Waals surface area contributed by atoms with Crippen LogP contribution in [0.3, 0.4) is 0 Å². The van der Waals surface area contributed by atoms with E-state index in [0.717, 1.165) is 5.75 Å². The van der Waals surface area contributed by atoms with Gasteiger partial charge in [0.25, 0.3) is 5.91 Å². The molecular formula is C18H20N2O4. The molecule has 0 spiro atoms. The molecule has 0 heterocycles. The van der Waals surface area contributed by atoms with Crippen molar-refractivity contribution in [3.8, 4) is 11.5 Å². The number of nitrogens with one attached hydrogen (secondary N) is 2. The van der Waals surface area contributed by atoms with Crippen LogP contribution in [0.5, 0.6) is 11.5 Å². The summed E-state index contributed by atoms with van der Waals surface area (Å²) in [6, 6.07) is 13.9. The summed E-state index contributed by atoms with van der Waals surface area (Å²) >= 11 is 0. The van der Waals surface area contributed by atoms with Crippen molar-refractivity contribution in [2.24, 2.45) is 0 Å². The molecule has 0 aliphatic heterocycles. The lowest BCUT2D eigenvalue weighted by Crippen LogP contribution is -2.30. The van der Waals surface area contributed by atoms with E-state index in [1.807, 2.05) is 0 Å². The van der Waals surface area contributed by atoms with Crippen molar-refractivity contribution in [3.05, 3.63) is 48.5 Å². The second-order valence-corrected chi connectivity index (χ2v) is 5.18. The van der Waals surface area contributed by atoms with Gasteiger partial charge in [-0.1, -0.05) is 0 Å². The third kappa shape index (κ3) is 5.01. The van der Waals surface area contributed by atoms with Crippen molar-refractivity contribution in [1.82, 2.24) is 0 Å². The highest BCUT2D eigenvalue weighted by Crippen LogP contribution is 2.19. The van der Waals surface area contributed by atoms with Crippen molar-refractivity contribution in [1.29, 1.82) is 0 Å². The van der Waals surface area contributed by atoms with Crippen LogP contribution in [0.1, 0.15) is 13.8 Å². The third-order valence-corrected chi connectivity index (χ3v) is 3.21. The molecule has 6 heteroatoms. The molecule has 0 aromatic heterocycles. The highest BCUT2D eigenvalue weighted by atomic mass is 16.5. The Balaban J connectivity index is 1.91. The Bertz CT molecular complexity index is 696. The van der Waals surface area contributed by atoms with Gasteiger partial charge in [0.15, 0.2) is 6.10 Å². The minimum absolute atomic E-state index is 0.145. The van der Waals surface area contributed by atoms with E-state index in [-0.39, 0.29) is 11.8 Å². The molecule has 0 fully saturated rings. The lowest BCUT2D eigenvalue weighted by molar-refractivity contribution is -0.122. The summed E-state index contributed by atoms with van der Waals surface area (Å²) in [5.74, 6) is 0.893. The summed E-state index contributed by atoms with van der Waals surface area (Å²) in [4.78, 5) is 23.1. The number of anilines is 2. The van der Waals surface area contributed by atoms with E-state index in [9.17, 15) is 9.59 Å². The van der Waals surface area contributed by atoms with Crippen LogP contribution in [-0.4, -0.2) is 25.0 Å². The van der Waals surface area contributed by atoms with Gasteiger partial charge in [-0.3, -0.25) is 9.59 Å². The van der Waals surface area contributed by atoms with Gasteiger partial charge in [-0.25, -0.2) is 0 Å². The first-order valence-electron chi connectivity index (χ1n) is 7.47. The standard InChI is InChI=1S/C18H20N2O4/c1-12(24-17-10-8-16(23-3)9-11-17)18(22)20-15-6-4-14(5-7-15)19-13(2)21/h4-12H,1-3H3,(H,19,21)(H,20,22)/t12-/m0/s1. The normalized spacial score (nSPS) is 11.3. The first-order valence-corrected chi connectivity index (χ1v) is 7.47. The van der Waals surface area contributed by atoms with E-state index in [4.69, 9.17) is 9.47 Å². The Morgan fingerprint density at radius 1 is 0.875 bits per heavy atom. The van der Waals surface area contributed by atoms with Crippen LogP contribution in [0.15, 0.2) is 48.5 Å². The summed E-state index contributed by atoms with van der Waals surface area (Å²) in [7, 11) is 1.59. The van der Waals surface area contributed by atoms with Crippen LogP contribution in [0.25, 0.3) is 0 Å². The van der Waals surface area contributed by atoms with Gasteiger partial charge in [0.1, 0.15) is 11.5 Å². The molecule has 6 nitrogen and oxygen atoms in total. The van der Waals surface area contributed by atoms with Crippen molar-refractivity contribution >= 4 is 23.2 Å². The van der Waals surface area contributed by atoms with Crippen molar-refractivity contribution in [2.45, 2.75) is 20.0 Å². The maximum Gasteiger partial charge on any atom is 0.265 e. The fourth-order valence-electron chi connectivity index (χ4n) is 2.00. The Morgan fingerprint density at radius 2 is 1.38 bits per heavy atom. The fourth-order valence-corrected chi connectivity index (χ4v) is 2.00. The zero-order valence-electron chi connectivity index (χ0n) is 13.8. The van der Waals surface area contributed by atoms with Crippen LogP contribution in [0.2, 0.25) is 0 Å². The van der Waals surface area contributed by atoms with Gasteiger partial charge < -0.3 is 20.1 Å². The average molecular weight is 328 g/mol. The Morgan fingerprint density at radius 3 is 1.88 bits per heavy atom. The summed E-state index contributed by atoms with van der Waals surface area (Å²) < 4.78 is 10.7. The molecule has 2 amide bonds. The number of rotatable bonds is 6. The summed E-state index contributed by atoms with van der Waals surface area (Å²) in [5.41, 5.74) is 1.29. The Labute approximate surface area is 140 Å². The summed E-state index contributed by atoms with van der Waals surface area (Å²) in [6.45, 7) is 3.11. The van der Waals surface area contributed by atoms with Crippen molar-refractivity contribution < 1.29 is 19.1 Å². The highest BCUT2D eigenvalue weighted by molar-refractivity contribution is 5.94. The number of hydrogen-bond donors (Lipinski definition) is 2. The number of carbonyl (C=O) groups is 2. The van der Waals surface area contributed by atoms with Gasteiger partial charge in [0, 0.05) is 18.3 Å². The molecule has 0 saturated carbocycles. The van der Waals surface area contributed by atoms with Crippen LogP contribution < -0.4 is 20.1 Å². The first-order chi connectivity index (χ1) is 11.5. The molecule has 126 valence electrons. The number of benzene rings is 2. The van der Waals surface area contributed by atoms with E-state index in [1.54, 1.807) is 62.6 Å². The van der Waals surface area contributed by atoms with Gasteiger partial charge in [-0.15, -0.1) is 0 Å². The number of amides is 2. The third-order valence-electron chi connectivity index (χ3n) is 3.21. The molecule has 0 aliphatic carbocycles. The SMILES string of the molecule is COc1ccc(O[C@@H](C)C(=O)Nc2ccc(NC(C)=O)cc2)cc1. The van der Waals surface area contributed by atoms with E-state index >= 15 is 0 Å². The minimum Gasteiger partial charge on any atom is -0.497 e. The van der Waals surface area contributed by atoms with Crippen molar-refractivity contribution in [2.75, 3.05) is 17.7 Å². The predicted octanol–water partition coefficient (Wildman–Crippen LogP) is 3.06.